The molecule has 0 spiro atoms. The Hall–Kier alpha value is -0.760. The largest absolute Gasteiger partial charge is 0.368 e. The summed E-state index contributed by atoms with van der Waals surface area (Å²) < 4.78 is 45.1. The molecule has 1 saturated heterocycles. The molecular formula is C12H16ClFN2O3S. The summed E-state index contributed by atoms with van der Waals surface area (Å²) in [6.45, 7) is 3.90. The number of rotatable bonds is 3. The normalized spacial score (nSPS) is 23.7. The SMILES string of the molecule is CC1(C)CN(S(=O)(=O)c2cncc(F)c2)CC(CCl)O1. The maximum atomic E-state index is 13.2. The number of nitrogens with zero attached hydrogens (tertiary/aromatic N) is 2. The highest BCUT2D eigenvalue weighted by Crippen LogP contribution is 2.26. The average molecular weight is 323 g/mol. The number of hydrogen-bond acceptors (Lipinski definition) is 4. The molecule has 0 bridgehead atoms. The molecule has 0 N–H and O–H groups in total. The lowest BCUT2D eigenvalue weighted by atomic mass is 10.1. The minimum atomic E-state index is -3.81. The number of pyridine rings is 1. The Kier molecular flexibility index (Phi) is 4.34. The third-order valence-electron chi connectivity index (χ3n) is 2.94. The van der Waals surface area contributed by atoms with Gasteiger partial charge in [0.15, 0.2) is 0 Å². The summed E-state index contributed by atoms with van der Waals surface area (Å²) in [6, 6.07) is 0.959. The van der Waals surface area contributed by atoms with Gasteiger partial charge in [-0.1, -0.05) is 0 Å². The third-order valence-corrected chi connectivity index (χ3v) is 5.06. The zero-order chi connectivity index (χ0) is 15.0. The van der Waals surface area contributed by atoms with Gasteiger partial charge in [-0.3, -0.25) is 4.98 Å². The molecule has 1 aromatic heterocycles. The minimum absolute atomic E-state index is 0.145. The molecule has 1 atom stereocenters. The van der Waals surface area contributed by atoms with Crippen LogP contribution in [0.3, 0.4) is 0 Å². The van der Waals surface area contributed by atoms with Crippen molar-refractivity contribution in [2.45, 2.75) is 30.4 Å². The number of aromatic nitrogens is 1. The van der Waals surface area contributed by atoms with Crippen LogP contribution < -0.4 is 0 Å². The van der Waals surface area contributed by atoms with E-state index >= 15 is 0 Å². The van der Waals surface area contributed by atoms with E-state index in [0.29, 0.717) is 0 Å². The van der Waals surface area contributed by atoms with Crippen LogP contribution >= 0.6 is 11.6 Å². The molecule has 0 aliphatic carbocycles. The molecule has 2 rings (SSSR count). The predicted octanol–water partition coefficient (Wildman–Crippen LogP) is 1.63. The van der Waals surface area contributed by atoms with Crippen LogP contribution in [-0.2, 0) is 14.8 Å². The molecule has 1 aliphatic heterocycles. The van der Waals surface area contributed by atoms with E-state index in [2.05, 4.69) is 4.98 Å². The average Bonchev–Trinajstić information content (AvgIpc) is 2.36. The van der Waals surface area contributed by atoms with Crippen molar-refractivity contribution in [1.82, 2.24) is 9.29 Å². The van der Waals surface area contributed by atoms with Crippen molar-refractivity contribution in [3.05, 3.63) is 24.3 Å². The Morgan fingerprint density at radius 3 is 2.85 bits per heavy atom. The Morgan fingerprint density at radius 2 is 2.25 bits per heavy atom. The van der Waals surface area contributed by atoms with Crippen molar-refractivity contribution in [3.63, 3.8) is 0 Å². The molecule has 20 heavy (non-hydrogen) atoms. The lowest BCUT2D eigenvalue weighted by molar-refractivity contribution is -0.107. The van der Waals surface area contributed by atoms with Gasteiger partial charge in [0.05, 0.1) is 17.9 Å². The minimum Gasteiger partial charge on any atom is -0.368 e. The standard InChI is InChI=1S/C12H16ClFN2O3S/c1-12(2)8-16(7-10(4-13)19-12)20(17,18)11-3-9(14)5-15-6-11/h3,5-6,10H,4,7-8H2,1-2H3. The summed E-state index contributed by atoms with van der Waals surface area (Å²) in [5.74, 6) is -0.496. The van der Waals surface area contributed by atoms with Crippen LogP contribution in [0.15, 0.2) is 23.4 Å². The molecule has 0 amide bonds. The number of hydrogen-bond donors (Lipinski definition) is 0. The molecule has 8 heteroatoms. The summed E-state index contributed by atoms with van der Waals surface area (Å²) in [7, 11) is -3.81. The molecule has 5 nitrogen and oxygen atoms in total. The Balaban J connectivity index is 2.33. The Morgan fingerprint density at radius 1 is 1.55 bits per heavy atom. The molecule has 1 aliphatic rings. The first-order valence-electron chi connectivity index (χ1n) is 6.09. The smallest absolute Gasteiger partial charge is 0.244 e. The van der Waals surface area contributed by atoms with Crippen LogP contribution in [0.2, 0.25) is 0 Å². The number of alkyl halides is 1. The van der Waals surface area contributed by atoms with Crippen LogP contribution in [0.1, 0.15) is 13.8 Å². The van der Waals surface area contributed by atoms with Gasteiger partial charge in [-0.2, -0.15) is 4.31 Å². The van der Waals surface area contributed by atoms with Crippen LogP contribution in [0.5, 0.6) is 0 Å². The van der Waals surface area contributed by atoms with Crippen molar-refractivity contribution >= 4 is 21.6 Å². The van der Waals surface area contributed by atoms with Gasteiger partial charge in [0.2, 0.25) is 10.0 Å². The van der Waals surface area contributed by atoms with Crippen LogP contribution in [0, 0.1) is 5.82 Å². The lowest BCUT2D eigenvalue weighted by Crippen LogP contribution is -2.55. The van der Waals surface area contributed by atoms with E-state index < -0.39 is 27.5 Å². The molecule has 1 aromatic rings. The fourth-order valence-electron chi connectivity index (χ4n) is 2.19. The van der Waals surface area contributed by atoms with Crippen LogP contribution in [-0.4, -0.2) is 48.4 Å². The molecule has 0 saturated carbocycles. The van der Waals surface area contributed by atoms with Gasteiger partial charge in [0.1, 0.15) is 10.7 Å². The second-order valence-corrected chi connectivity index (χ2v) is 7.54. The van der Waals surface area contributed by atoms with Gasteiger partial charge in [-0.15, -0.1) is 11.6 Å². The molecule has 1 unspecified atom stereocenters. The molecule has 2 heterocycles. The zero-order valence-electron chi connectivity index (χ0n) is 11.2. The third kappa shape index (κ3) is 3.28. The Bertz CT molecular complexity index is 594. The number of ether oxygens (including phenoxy) is 1. The lowest BCUT2D eigenvalue weighted by Gasteiger charge is -2.41. The molecule has 0 radical (unpaired) electrons. The maximum absolute atomic E-state index is 13.2. The van der Waals surface area contributed by atoms with E-state index in [0.717, 1.165) is 18.5 Å². The number of sulfonamides is 1. The van der Waals surface area contributed by atoms with Gasteiger partial charge < -0.3 is 4.74 Å². The predicted molar refractivity (Wildman–Crippen MR) is 72.6 cm³/mol. The van der Waals surface area contributed by atoms with Crippen LogP contribution in [0.25, 0.3) is 0 Å². The molecule has 1 fully saturated rings. The van der Waals surface area contributed by atoms with Gasteiger partial charge in [-0.05, 0) is 19.9 Å². The molecule has 112 valence electrons. The number of halogens is 2. The maximum Gasteiger partial charge on any atom is 0.244 e. The fraction of sp³-hybridized carbons (Fsp3) is 0.583. The second-order valence-electron chi connectivity index (χ2n) is 5.29. The van der Waals surface area contributed by atoms with Crippen molar-refractivity contribution in [2.75, 3.05) is 19.0 Å². The van der Waals surface area contributed by atoms with E-state index in [1.54, 1.807) is 13.8 Å². The number of morpholine rings is 1. The summed E-state index contributed by atoms with van der Waals surface area (Å²) in [5, 5.41) is 0. The molecular weight excluding hydrogens is 307 g/mol. The highest BCUT2D eigenvalue weighted by Gasteiger charge is 2.39. The van der Waals surface area contributed by atoms with Crippen molar-refractivity contribution in [1.29, 1.82) is 0 Å². The van der Waals surface area contributed by atoms with E-state index in [9.17, 15) is 12.8 Å². The second kappa shape index (κ2) is 5.55. The van der Waals surface area contributed by atoms with E-state index in [-0.39, 0.29) is 23.9 Å². The van der Waals surface area contributed by atoms with Gasteiger partial charge in [0, 0.05) is 25.2 Å². The zero-order valence-corrected chi connectivity index (χ0v) is 12.8. The van der Waals surface area contributed by atoms with Crippen molar-refractivity contribution in [3.8, 4) is 0 Å². The van der Waals surface area contributed by atoms with E-state index in [1.165, 1.54) is 4.31 Å². The highest BCUT2D eigenvalue weighted by atomic mass is 35.5. The Labute approximate surface area is 122 Å². The van der Waals surface area contributed by atoms with Crippen molar-refractivity contribution < 1.29 is 17.5 Å². The van der Waals surface area contributed by atoms with E-state index in [4.69, 9.17) is 16.3 Å². The van der Waals surface area contributed by atoms with Crippen LogP contribution in [0.4, 0.5) is 4.39 Å². The first kappa shape index (κ1) is 15.6. The van der Waals surface area contributed by atoms with Gasteiger partial charge in [0.25, 0.3) is 0 Å². The van der Waals surface area contributed by atoms with E-state index in [1.807, 2.05) is 0 Å². The quantitative estimate of drug-likeness (QED) is 0.794. The summed E-state index contributed by atoms with van der Waals surface area (Å²) >= 11 is 5.78. The summed E-state index contributed by atoms with van der Waals surface area (Å²) in [5.41, 5.74) is -0.647. The summed E-state index contributed by atoms with van der Waals surface area (Å²) in [4.78, 5) is 3.42. The topological polar surface area (TPSA) is 59.5 Å². The summed E-state index contributed by atoms with van der Waals surface area (Å²) in [6.07, 6.45) is 1.71. The highest BCUT2D eigenvalue weighted by molar-refractivity contribution is 7.89. The first-order valence-corrected chi connectivity index (χ1v) is 8.06. The van der Waals surface area contributed by atoms with Gasteiger partial charge >= 0.3 is 0 Å². The molecule has 0 aromatic carbocycles. The monoisotopic (exact) mass is 322 g/mol. The first-order chi connectivity index (χ1) is 9.24. The van der Waals surface area contributed by atoms with Gasteiger partial charge in [-0.25, -0.2) is 12.8 Å². The fourth-order valence-corrected chi connectivity index (χ4v) is 3.95. The van der Waals surface area contributed by atoms with Crippen molar-refractivity contribution in [2.24, 2.45) is 0 Å².